The van der Waals surface area contributed by atoms with Crippen LogP contribution in [0, 0.1) is 0 Å². The number of halogens is 1. The Morgan fingerprint density at radius 1 is 1.25 bits per heavy atom. The molecule has 0 atom stereocenters. The molecule has 3 rings (SSSR count). The molecule has 1 aliphatic rings. The molecule has 1 aromatic carbocycles. The van der Waals surface area contributed by atoms with Crippen molar-refractivity contribution in [2.24, 2.45) is 0 Å². The van der Waals surface area contributed by atoms with Crippen molar-refractivity contribution in [1.82, 2.24) is 9.88 Å². The zero-order valence-electron chi connectivity index (χ0n) is 11.2. The molecule has 0 saturated heterocycles. The number of benzene rings is 1. The van der Waals surface area contributed by atoms with Crippen LogP contribution in [0.1, 0.15) is 41.4 Å². The molecule has 1 aliphatic carbocycles. The fourth-order valence-electron chi connectivity index (χ4n) is 2.44. The zero-order valence-corrected chi connectivity index (χ0v) is 12.8. The number of rotatable bonds is 4. The first-order chi connectivity index (χ1) is 9.74. The fourth-order valence-corrected chi connectivity index (χ4v) is 2.71. The van der Waals surface area contributed by atoms with Crippen molar-refractivity contribution in [1.29, 1.82) is 0 Å². The van der Waals surface area contributed by atoms with Crippen LogP contribution in [0.4, 0.5) is 0 Å². The molecule has 20 heavy (non-hydrogen) atoms. The van der Waals surface area contributed by atoms with Gasteiger partial charge >= 0.3 is 0 Å². The predicted octanol–water partition coefficient (Wildman–Crippen LogP) is 3.91. The molecule has 1 N–H and O–H groups in total. The van der Waals surface area contributed by atoms with Gasteiger partial charge in [0.1, 0.15) is 5.69 Å². The Bertz CT molecular complexity index is 599. The highest BCUT2D eigenvalue weighted by atomic mass is 79.9. The molecule has 0 bridgehead atoms. The van der Waals surface area contributed by atoms with E-state index in [1.54, 1.807) is 0 Å². The van der Waals surface area contributed by atoms with E-state index in [1.807, 2.05) is 42.6 Å². The van der Waals surface area contributed by atoms with Crippen LogP contribution in [0.5, 0.6) is 0 Å². The second-order valence-electron chi connectivity index (χ2n) is 5.19. The Balaban J connectivity index is 1.64. The first kappa shape index (κ1) is 13.4. The average molecular weight is 333 g/mol. The van der Waals surface area contributed by atoms with Gasteiger partial charge < -0.3 is 9.88 Å². The highest BCUT2D eigenvalue weighted by Gasteiger charge is 2.22. The molecule has 0 spiro atoms. The second kappa shape index (κ2) is 5.83. The average Bonchev–Trinajstić information content (AvgIpc) is 2.85. The van der Waals surface area contributed by atoms with Gasteiger partial charge in [0.05, 0.1) is 0 Å². The summed E-state index contributed by atoms with van der Waals surface area (Å²) in [7, 11) is 0. The van der Waals surface area contributed by atoms with Gasteiger partial charge in [0.2, 0.25) is 0 Å². The van der Waals surface area contributed by atoms with Crippen LogP contribution >= 0.6 is 15.9 Å². The molecule has 1 saturated carbocycles. The molecule has 1 heterocycles. The maximum atomic E-state index is 12.3. The molecular weight excluding hydrogens is 316 g/mol. The van der Waals surface area contributed by atoms with Crippen molar-refractivity contribution in [3.8, 4) is 0 Å². The second-order valence-corrected chi connectivity index (χ2v) is 6.11. The van der Waals surface area contributed by atoms with Crippen molar-refractivity contribution >= 4 is 21.8 Å². The number of carbonyl (C=O) groups is 1. The quantitative estimate of drug-likeness (QED) is 0.904. The highest BCUT2D eigenvalue weighted by Crippen LogP contribution is 2.32. The van der Waals surface area contributed by atoms with Crippen LogP contribution in [0.15, 0.2) is 47.1 Å². The molecule has 1 aromatic heterocycles. The molecule has 104 valence electrons. The Hall–Kier alpha value is -1.55. The van der Waals surface area contributed by atoms with Gasteiger partial charge in [-0.2, -0.15) is 0 Å². The van der Waals surface area contributed by atoms with Crippen molar-refractivity contribution in [2.45, 2.75) is 31.8 Å². The van der Waals surface area contributed by atoms with Crippen LogP contribution in [0.25, 0.3) is 0 Å². The molecule has 0 unspecified atom stereocenters. The van der Waals surface area contributed by atoms with E-state index in [0.29, 0.717) is 12.6 Å². The molecule has 0 radical (unpaired) electrons. The summed E-state index contributed by atoms with van der Waals surface area (Å²) in [5, 5.41) is 2.99. The van der Waals surface area contributed by atoms with Gasteiger partial charge in [-0.05, 0) is 49.1 Å². The van der Waals surface area contributed by atoms with E-state index in [2.05, 4.69) is 25.8 Å². The van der Waals surface area contributed by atoms with E-state index >= 15 is 0 Å². The molecule has 0 aliphatic heterocycles. The lowest BCUT2D eigenvalue weighted by atomic mass is 9.93. The van der Waals surface area contributed by atoms with Gasteiger partial charge in [0.25, 0.3) is 5.91 Å². The Morgan fingerprint density at radius 2 is 2.00 bits per heavy atom. The number of amides is 1. The zero-order chi connectivity index (χ0) is 13.9. The SMILES string of the molecule is O=C(NCc1ccc(Br)cc1)c1cccn1C1CCC1. The summed E-state index contributed by atoms with van der Waals surface area (Å²) in [6.07, 6.45) is 5.64. The van der Waals surface area contributed by atoms with E-state index in [0.717, 1.165) is 15.7 Å². The third-order valence-corrected chi connectivity index (χ3v) is 4.37. The molecule has 3 nitrogen and oxygen atoms in total. The van der Waals surface area contributed by atoms with Gasteiger partial charge in [-0.1, -0.05) is 28.1 Å². The van der Waals surface area contributed by atoms with Crippen LogP contribution in [0.2, 0.25) is 0 Å². The van der Waals surface area contributed by atoms with Gasteiger partial charge in [-0.25, -0.2) is 0 Å². The highest BCUT2D eigenvalue weighted by molar-refractivity contribution is 9.10. The van der Waals surface area contributed by atoms with Crippen molar-refractivity contribution in [2.75, 3.05) is 0 Å². The fraction of sp³-hybridized carbons (Fsp3) is 0.312. The maximum absolute atomic E-state index is 12.3. The summed E-state index contributed by atoms with van der Waals surface area (Å²) in [4.78, 5) is 12.3. The Kier molecular flexibility index (Phi) is 3.92. The van der Waals surface area contributed by atoms with E-state index < -0.39 is 0 Å². The van der Waals surface area contributed by atoms with E-state index in [1.165, 1.54) is 19.3 Å². The summed E-state index contributed by atoms with van der Waals surface area (Å²) in [5.74, 6) is 0.00446. The largest absolute Gasteiger partial charge is 0.347 e. The van der Waals surface area contributed by atoms with Crippen molar-refractivity contribution in [3.05, 3.63) is 58.3 Å². The summed E-state index contributed by atoms with van der Waals surface area (Å²) in [5.41, 5.74) is 1.87. The maximum Gasteiger partial charge on any atom is 0.268 e. The van der Waals surface area contributed by atoms with E-state index in [-0.39, 0.29) is 5.91 Å². The third kappa shape index (κ3) is 2.80. The van der Waals surface area contributed by atoms with Gasteiger partial charge in [0, 0.05) is 23.3 Å². The molecule has 1 fully saturated rings. The van der Waals surface area contributed by atoms with Gasteiger partial charge in [0.15, 0.2) is 0 Å². The summed E-state index contributed by atoms with van der Waals surface area (Å²) < 4.78 is 3.16. The van der Waals surface area contributed by atoms with Crippen molar-refractivity contribution in [3.63, 3.8) is 0 Å². The topological polar surface area (TPSA) is 34.0 Å². The van der Waals surface area contributed by atoms with E-state index in [4.69, 9.17) is 0 Å². The first-order valence-electron chi connectivity index (χ1n) is 6.93. The number of aromatic nitrogens is 1. The predicted molar refractivity (Wildman–Crippen MR) is 82.6 cm³/mol. The number of hydrogen-bond acceptors (Lipinski definition) is 1. The molecular formula is C16H17BrN2O. The van der Waals surface area contributed by atoms with E-state index in [9.17, 15) is 4.79 Å². The lowest BCUT2D eigenvalue weighted by Gasteiger charge is -2.28. The Morgan fingerprint density at radius 3 is 2.65 bits per heavy atom. The summed E-state index contributed by atoms with van der Waals surface area (Å²) in [6, 6.07) is 12.3. The molecule has 1 amide bonds. The Labute approximate surface area is 127 Å². The standard InChI is InChI=1S/C16H17BrN2O/c17-13-8-6-12(7-9-13)11-18-16(20)15-5-2-10-19(15)14-3-1-4-14/h2,5-10,14H,1,3-4,11H2,(H,18,20). The lowest BCUT2D eigenvalue weighted by Crippen LogP contribution is -2.28. The van der Waals surface area contributed by atoms with Crippen LogP contribution in [-0.4, -0.2) is 10.5 Å². The van der Waals surface area contributed by atoms with Crippen molar-refractivity contribution < 1.29 is 4.79 Å². The summed E-state index contributed by atoms with van der Waals surface area (Å²) in [6.45, 7) is 0.557. The molecule has 2 aromatic rings. The lowest BCUT2D eigenvalue weighted by molar-refractivity contribution is 0.0936. The normalized spacial score (nSPS) is 14.8. The van der Waals surface area contributed by atoms with Crippen LogP contribution in [-0.2, 0) is 6.54 Å². The molecule has 4 heteroatoms. The number of nitrogens with zero attached hydrogens (tertiary/aromatic N) is 1. The minimum absolute atomic E-state index is 0.00446. The number of nitrogens with one attached hydrogen (secondary N) is 1. The summed E-state index contributed by atoms with van der Waals surface area (Å²) >= 11 is 3.41. The number of hydrogen-bond donors (Lipinski definition) is 1. The monoisotopic (exact) mass is 332 g/mol. The minimum atomic E-state index is 0.00446. The van der Waals surface area contributed by atoms with Crippen LogP contribution in [0.3, 0.4) is 0 Å². The van der Waals surface area contributed by atoms with Gasteiger partial charge in [-0.15, -0.1) is 0 Å². The number of carbonyl (C=O) groups excluding carboxylic acids is 1. The van der Waals surface area contributed by atoms with Gasteiger partial charge in [-0.3, -0.25) is 4.79 Å². The minimum Gasteiger partial charge on any atom is -0.347 e. The third-order valence-electron chi connectivity index (χ3n) is 3.85. The smallest absolute Gasteiger partial charge is 0.268 e. The first-order valence-corrected chi connectivity index (χ1v) is 7.73. The van der Waals surface area contributed by atoms with Crippen LogP contribution < -0.4 is 5.32 Å².